The van der Waals surface area contributed by atoms with Gasteiger partial charge < -0.3 is 4.74 Å². The van der Waals surface area contributed by atoms with Crippen LogP contribution in [0.15, 0.2) is 8.73 Å². The van der Waals surface area contributed by atoms with E-state index in [0.717, 1.165) is 0 Å². The molecular formula is C3H8N2OS. The molecule has 0 atom stereocenters. The molecule has 0 aromatic rings. The lowest BCUT2D eigenvalue weighted by molar-refractivity contribution is 0.149. The summed E-state index contributed by atoms with van der Waals surface area (Å²) in [4.78, 5) is 0. The molecule has 7 heavy (non-hydrogen) atoms. The standard InChI is InChI=1S/C3H8N2OS/c1-7-4-2-6-3-5-7/h7H,2-3H2,1H3. The van der Waals surface area contributed by atoms with Crippen LogP contribution in [0.5, 0.6) is 0 Å². The fourth-order valence-electron chi connectivity index (χ4n) is 0.334. The Hall–Kier alpha value is -0.0900. The Kier molecular flexibility index (Phi) is 1.64. The Labute approximate surface area is 44.5 Å². The van der Waals surface area contributed by atoms with Crippen LogP contribution in [0.4, 0.5) is 0 Å². The van der Waals surface area contributed by atoms with Crippen LogP contribution < -0.4 is 0 Å². The van der Waals surface area contributed by atoms with E-state index in [1.54, 1.807) is 0 Å². The lowest BCUT2D eigenvalue weighted by Gasteiger charge is -1.99. The molecule has 1 aliphatic rings. The maximum Gasteiger partial charge on any atom is 0.147 e. The van der Waals surface area contributed by atoms with E-state index in [9.17, 15) is 0 Å². The summed E-state index contributed by atoms with van der Waals surface area (Å²) in [7, 11) is -0.367. The highest BCUT2D eigenvalue weighted by Gasteiger charge is 1.83. The topological polar surface area (TPSA) is 34.0 Å². The van der Waals surface area contributed by atoms with Crippen molar-refractivity contribution in [3.8, 4) is 0 Å². The highest BCUT2D eigenvalue weighted by molar-refractivity contribution is 7.76. The van der Waals surface area contributed by atoms with E-state index >= 15 is 0 Å². The Balaban J connectivity index is 2.69. The molecule has 42 valence electrons. The molecule has 0 saturated carbocycles. The first-order valence-corrected chi connectivity index (χ1v) is 3.75. The molecule has 1 heterocycles. The summed E-state index contributed by atoms with van der Waals surface area (Å²) in [6.45, 7) is 1.09. The Morgan fingerprint density at radius 2 is 2.00 bits per heavy atom. The number of nitrogens with zero attached hydrogens (tertiary/aromatic N) is 2. The van der Waals surface area contributed by atoms with Crippen LogP contribution in [0.1, 0.15) is 0 Å². The van der Waals surface area contributed by atoms with Gasteiger partial charge in [-0.15, -0.1) is 0 Å². The fraction of sp³-hybridized carbons (Fsp3) is 1.00. The van der Waals surface area contributed by atoms with Crippen molar-refractivity contribution in [3.05, 3.63) is 0 Å². The van der Waals surface area contributed by atoms with E-state index in [0.29, 0.717) is 13.5 Å². The van der Waals surface area contributed by atoms with E-state index in [1.165, 1.54) is 0 Å². The average Bonchev–Trinajstić information content (AvgIpc) is 1.69. The molecule has 1 rings (SSSR count). The molecule has 0 fully saturated rings. The largest absolute Gasteiger partial charge is 0.336 e. The van der Waals surface area contributed by atoms with Crippen LogP contribution >= 0.6 is 0 Å². The van der Waals surface area contributed by atoms with Crippen molar-refractivity contribution in [2.45, 2.75) is 0 Å². The second kappa shape index (κ2) is 2.28. The third kappa shape index (κ3) is 1.44. The minimum Gasteiger partial charge on any atom is -0.336 e. The quantitative estimate of drug-likeness (QED) is 0.458. The molecule has 0 spiro atoms. The molecule has 0 amide bonds. The van der Waals surface area contributed by atoms with Gasteiger partial charge in [0.2, 0.25) is 0 Å². The monoisotopic (exact) mass is 120 g/mol. The fourth-order valence-corrected chi connectivity index (χ4v) is 0.921. The number of thiol groups is 1. The molecule has 0 radical (unpaired) electrons. The van der Waals surface area contributed by atoms with Crippen molar-refractivity contribution in [1.29, 1.82) is 0 Å². The summed E-state index contributed by atoms with van der Waals surface area (Å²) in [6, 6.07) is 0. The zero-order valence-electron chi connectivity index (χ0n) is 4.16. The molecule has 0 aliphatic carbocycles. The van der Waals surface area contributed by atoms with Crippen molar-refractivity contribution in [2.24, 2.45) is 8.73 Å². The maximum absolute atomic E-state index is 4.82. The zero-order chi connectivity index (χ0) is 5.11. The zero-order valence-corrected chi connectivity index (χ0v) is 5.06. The van der Waals surface area contributed by atoms with Gasteiger partial charge in [-0.25, -0.2) is 8.73 Å². The first-order valence-electron chi connectivity index (χ1n) is 2.06. The van der Waals surface area contributed by atoms with Crippen molar-refractivity contribution in [2.75, 3.05) is 19.7 Å². The highest BCUT2D eigenvalue weighted by atomic mass is 32.2. The first-order chi connectivity index (χ1) is 3.39. The molecule has 0 unspecified atom stereocenters. The second-order valence-corrected chi connectivity index (χ2v) is 2.78. The lowest BCUT2D eigenvalue weighted by atomic mass is 11.2. The summed E-state index contributed by atoms with van der Waals surface area (Å²) >= 11 is 0. The Morgan fingerprint density at radius 3 is 2.29 bits per heavy atom. The number of ether oxygens (including phenoxy) is 1. The molecule has 0 saturated heterocycles. The van der Waals surface area contributed by atoms with Crippen molar-refractivity contribution < 1.29 is 4.74 Å². The van der Waals surface area contributed by atoms with E-state index < -0.39 is 0 Å². The third-order valence-electron chi connectivity index (χ3n) is 0.707. The maximum atomic E-state index is 4.82. The molecule has 4 heteroatoms. The Morgan fingerprint density at radius 1 is 1.43 bits per heavy atom. The van der Waals surface area contributed by atoms with E-state index in [2.05, 4.69) is 8.73 Å². The van der Waals surface area contributed by atoms with Crippen molar-refractivity contribution in [1.82, 2.24) is 0 Å². The van der Waals surface area contributed by atoms with Gasteiger partial charge in [0.1, 0.15) is 13.5 Å². The number of hydrogen-bond acceptors (Lipinski definition) is 3. The van der Waals surface area contributed by atoms with E-state index in [4.69, 9.17) is 4.74 Å². The molecule has 0 aromatic heterocycles. The van der Waals surface area contributed by atoms with E-state index in [1.807, 2.05) is 6.26 Å². The van der Waals surface area contributed by atoms with Crippen LogP contribution in [0, 0.1) is 0 Å². The van der Waals surface area contributed by atoms with Crippen LogP contribution in [-0.4, -0.2) is 19.7 Å². The number of rotatable bonds is 0. The average molecular weight is 120 g/mol. The van der Waals surface area contributed by atoms with Crippen LogP contribution in [0.2, 0.25) is 0 Å². The van der Waals surface area contributed by atoms with Crippen LogP contribution in [0.3, 0.4) is 0 Å². The van der Waals surface area contributed by atoms with Gasteiger partial charge >= 0.3 is 0 Å². The summed E-state index contributed by atoms with van der Waals surface area (Å²) in [5.41, 5.74) is 0. The smallest absolute Gasteiger partial charge is 0.147 e. The van der Waals surface area contributed by atoms with Gasteiger partial charge in [-0.3, -0.25) is 0 Å². The van der Waals surface area contributed by atoms with Gasteiger partial charge in [0.15, 0.2) is 0 Å². The third-order valence-corrected chi connectivity index (χ3v) is 1.76. The molecule has 0 aromatic carbocycles. The molecule has 1 aliphatic heterocycles. The predicted octanol–water partition coefficient (Wildman–Crippen LogP) is 0.279. The van der Waals surface area contributed by atoms with Crippen molar-refractivity contribution >= 4 is 10.5 Å². The predicted molar refractivity (Wildman–Crippen MR) is 30.4 cm³/mol. The van der Waals surface area contributed by atoms with Crippen molar-refractivity contribution in [3.63, 3.8) is 0 Å². The summed E-state index contributed by atoms with van der Waals surface area (Å²) in [5, 5.41) is 0. The van der Waals surface area contributed by atoms with Gasteiger partial charge in [0, 0.05) is 0 Å². The Bertz CT molecular complexity index is 124. The van der Waals surface area contributed by atoms with Crippen LogP contribution in [0.25, 0.3) is 0 Å². The lowest BCUT2D eigenvalue weighted by Crippen LogP contribution is -1.96. The van der Waals surface area contributed by atoms with Gasteiger partial charge in [0.25, 0.3) is 0 Å². The van der Waals surface area contributed by atoms with Gasteiger partial charge in [0.05, 0.1) is 0 Å². The van der Waals surface area contributed by atoms with Crippen LogP contribution in [-0.2, 0) is 15.2 Å². The molecule has 0 N–H and O–H groups in total. The summed E-state index contributed by atoms with van der Waals surface area (Å²) in [6.07, 6.45) is 2.01. The highest BCUT2D eigenvalue weighted by Crippen LogP contribution is 1.87. The minimum absolute atomic E-state index is 0.367. The second-order valence-electron chi connectivity index (χ2n) is 1.23. The van der Waals surface area contributed by atoms with Gasteiger partial charge in [-0.1, -0.05) is 10.5 Å². The van der Waals surface area contributed by atoms with Gasteiger partial charge in [-0.05, 0) is 6.26 Å². The molecule has 3 nitrogen and oxygen atoms in total. The first kappa shape index (κ1) is 5.05. The van der Waals surface area contributed by atoms with E-state index in [-0.39, 0.29) is 10.5 Å². The summed E-state index contributed by atoms with van der Waals surface area (Å²) in [5.74, 6) is 0. The summed E-state index contributed by atoms with van der Waals surface area (Å²) < 4.78 is 12.8. The SMILES string of the molecule is C[SH]1=NCOCN=1. The normalized spacial score (nSPS) is 23.0. The molecular weight excluding hydrogens is 112 g/mol. The number of hydrogen-bond donors (Lipinski definition) is 1. The van der Waals surface area contributed by atoms with Gasteiger partial charge in [-0.2, -0.15) is 0 Å². The minimum atomic E-state index is -0.367. The molecule has 0 bridgehead atoms.